The summed E-state index contributed by atoms with van der Waals surface area (Å²) >= 11 is 0. The summed E-state index contributed by atoms with van der Waals surface area (Å²) in [4.78, 5) is 0. The molecular formula is C15H20F3N. The number of halogens is 3. The molecule has 0 bridgehead atoms. The van der Waals surface area contributed by atoms with Crippen LogP contribution in [0, 0.1) is 0 Å². The van der Waals surface area contributed by atoms with Gasteiger partial charge in [0.25, 0.3) is 0 Å². The second-order valence-corrected chi connectivity index (χ2v) is 5.49. The van der Waals surface area contributed by atoms with Crippen molar-refractivity contribution in [3.63, 3.8) is 0 Å². The van der Waals surface area contributed by atoms with E-state index in [2.05, 4.69) is 26.1 Å². The minimum absolute atomic E-state index is 0.0596. The molecule has 0 aliphatic carbocycles. The van der Waals surface area contributed by atoms with Gasteiger partial charge in [-0.1, -0.05) is 24.3 Å². The summed E-state index contributed by atoms with van der Waals surface area (Å²) in [7, 11) is 0. The highest BCUT2D eigenvalue weighted by Gasteiger charge is 2.30. The van der Waals surface area contributed by atoms with Crippen LogP contribution in [0.25, 0.3) is 6.08 Å². The molecule has 1 aromatic carbocycles. The molecule has 0 saturated heterocycles. The van der Waals surface area contributed by atoms with E-state index in [4.69, 9.17) is 0 Å². The van der Waals surface area contributed by atoms with Crippen LogP contribution in [0.1, 0.15) is 38.3 Å². The molecule has 1 nitrogen and oxygen atoms in total. The van der Waals surface area contributed by atoms with Crippen LogP contribution in [-0.4, -0.2) is 12.1 Å². The third-order valence-corrected chi connectivity index (χ3v) is 2.49. The summed E-state index contributed by atoms with van der Waals surface area (Å²) < 4.78 is 37.5. The van der Waals surface area contributed by atoms with Crippen LogP contribution in [0.4, 0.5) is 13.2 Å². The van der Waals surface area contributed by atoms with E-state index in [0.717, 1.165) is 25.1 Å². The minimum Gasteiger partial charge on any atom is -0.312 e. The molecule has 0 amide bonds. The van der Waals surface area contributed by atoms with Crippen LogP contribution in [0.15, 0.2) is 30.3 Å². The van der Waals surface area contributed by atoms with Crippen molar-refractivity contribution in [2.75, 3.05) is 6.54 Å². The summed E-state index contributed by atoms with van der Waals surface area (Å²) in [6.45, 7) is 7.02. The van der Waals surface area contributed by atoms with Crippen molar-refractivity contribution in [3.05, 3.63) is 41.5 Å². The van der Waals surface area contributed by atoms with Gasteiger partial charge in [-0.15, -0.1) is 0 Å². The summed E-state index contributed by atoms with van der Waals surface area (Å²) in [5, 5.41) is 3.31. The number of hydrogen-bond donors (Lipinski definition) is 1. The van der Waals surface area contributed by atoms with Gasteiger partial charge < -0.3 is 5.32 Å². The molecule has 0 aliphatic heterocycles. The quantitative estimate of drug-likeness (QED) is 0.795. The van der Waals surface area contributed by atoms with E-state index in [1.165, 1.54) is 6.07 Å². The van der Waals surface area contributed by atoms with Crippen LogP contribution in [0.3, 0.4) is 0 Å². The lowest BCUT2D eigenvalue weighted by atomic mass is 10.1. The molecule has 0 atom stereocenters. The Bertz CT molecular complexity index is 428. The van der Waals surface area contributed by atoms with Crippen LogP contribution >= 0.6 is 0 Å². The maximum absolute atomic E-state index is 12.5. The summed E-state index contributed by atoms with van der Waals surface area (Å²) in [5.41, 5.74) is 0.0254. The Morgan fingerprint density at radius 1 is 1.16 bits per heavy atom. The van der Waals surface area contributed by atoms with Gasteiger partial charge in [0.2, 0.25) is 0 Å². The molecule has 106 valence electrons. The lowest BCUT2D eigenvalue weighted by Gasteiger charge is -2.19. The Hall–Kier alpha value is -1.29. The van der Waals surface area contributed by atoms with Gasteiger partial charge in [-0.25, -0.2) is 0 Å². The number of rotatable bonds is 4. The fourth-order valence-electron chi connectivity index (χ4n) is 1.57. The van der Waals surface area contributed by atoms with Gasteiger partial charge in [-0.05, 0) is 51.4 Å². The highest BCUT2D eigenvalue weighted by molar-refractivity contribution is 5.50. The highest BCUT2D eigenvalue weighted by atomic mass is 19.4. The van der Waals surface area contributed by atoms with Crippen molar-refractivity contribution < 1.29 is 13.2 Å². The molecule has 1 rings (SSSR count). The average Bonchev–Trinajstić information content (AvgIpc) is 2.26. The first-order valence-corrected chi connectivity index (χ1v) is 6.27. The van der Waals surface area contributed by atoms with Crippen LogP contribution < -0.4 is 5.32 Å². The predicted octanol–water partition coefficient (Wildman–Crippen LogP) is 4.50. The molecule has 19 heavy (non-hydrogen) atoms. The monoisotopic (exact) mass is 271 g/mol. The van der Waals surface area contributed by atoms with E-state index >= 15 is 0 Å². The van der Waals surface area contributed by atoms with Crippen molar-refractivity contribution in [1.29, 1.82) is 0 Å². The van der Waals surface area contributed by atoms with Crippen molar-refractivity contribution in [3.8, 4) is 0 Å². The fraction of sp³-hybridized carbons (Fsp3) is 0.467. The lowest BCUT2D eigenvalue weighted by molar-refractivity contribution is -0.137. The molecule has 0 aromatic heterocycles. The molecule has 1 N–H and O–H groups in total. The van der Waals surface area contributed by atoms with Gasteiger partial charge in [-0.3, -0.25) is 0 Å². The zero-order valence-corrected chi connectivity index (χ0v) is 11.5. The van der Waals surface area contributed by atoms with E-state index in [-0.39, 0.29) is 5.54 Å². The van der Waals surface area contributed by atoms with Crippen LogP contribution in [-0.2, 0) is 6.18 Å². The first-order valence-electron chi connectivity index (χ1n) is 6.27. The van der Waals surface area contributed by atoms with Crippen LogP contribution in [0.5, 0.6) is 0 Å². The number of hydrogen-bond acceptors (Lipinski definition) is 1. The standard InChI is InChI=1S/C15H20F3N/c1-14(2,3)19-10-5-4-7-12-8-6-9-13(11-12)15(16,17)18/h4,6-9,11,19H,5,10H2,1-3H3. The molecule has 0 spiro atoms. The molecule has 0 radical (unpaired) electrons. The van der Waals surface area contributed by atoms with E-state index < -0.39 is 11.7 Å². The topological polar surface area (TPSA) is 12.0 Å². The van der Waals surface area contributed by atoms with Gasteiger partial charge in [-0.2, -0.15) is 13.2 Å². The Morgan fingerprint density at radius 2 is 1.84 bits per heavy atom. The zero-order valence-electron chi connectivity index (χ0n) is 11.5. The van der Waals surface area contributed by atoms with Crippen LogP contribution in [0.2, 0.25) is 0 Å². The fourth-order valence-corrected chi connectivity index (χ4v) is 1.57. The van der Waals surface area contributed by atoms with Gasteiger partial charge in [0, 0.05) is 5.54 Å². The molecule has 0 aliphatic rings. The average molecular weight is 271 g/mol. The predicted molar refractivity (Wildman–Crippen MR) is 72.9 cm³/mol. The summed E-state index contributed by atoms with van der Waals surface area (Å²) in [6, 6.07) is 5.34. The Kier molecular flexibility index (Phi) is 5.18. The first kappa shape index (κ1) is 15.8. The van der Waals surface area contributed by atoms with Gasteiger partial charge in [0.15, 0.2) is 0 Å². The Balaban J connectivity index is 2.53. The Labute approximate surface area is 112 Å². The second-order valence-electron chi connectivity index (χ2n) is 5.49. The lowest BCUT2D eigenvalue weighted by Crippen LogP contribution is -2.36. The smallest absolute Gasteiger partial charge is 0.312 e. The van der Waals surface area contributed by atoms with E-state index in [9.17, 15) is 13.2 Å². The number of nitrogens with one attached hydrogen (secondary N) is 1. The molecule has 0 saturated carbocycles. The van der Waals surface area contributed by atoms with Gasteiger partial charge in [0.05, 0.1) is 5.56 Å². The van der Waals surface area contributed by atoms with Gasteiger partial charge in [0.1, 0.15) is 0 Å². The second kappa shape index (κ2) is 6.24. The third-order valence-electron chi connectivity index (χ3n) is 2.49. The molecular weight excluding hydrogens is 251 g/mol. The minimum atomic E-state index is -4.28. The van der Waals surface area contributed by atoms with Gasteiger partial charge >= 0.3 is 6.18 Å². The first-order chi connectivity index (χ1) is 8.68. The Morgan fingerprint density at radius 3 is 2.42 bits per heavy atom. The molecule has 0 fully saturated rings. The van der Waals surface area contributed by atoms with Crippen molar-refractivity contribution in [2.45, 2.75) is 38.9 Å². The normalized spacial score (nSPS) is 13.2. The van der Waals surface area contributed by atoms with E-state index in [1.54, 1.807) is 12.1 Å². The van der Waals surface area contributed by atoms with Crippen molar-refractivity contribution >= 4 is 6.08 Å². The number of benzene rings is 1. The maximum atomic E-state index is 12.5. The largest absolute Gasteiger partial charge is 0.416 e. The molecule has 4 heteroatoms. The SMILES string of the molecule is CC(C)(C)NCCC=Cc1cccc(C(F)(F)F)c1. The van der Waals surface area contributed by atoms with E-state index in [1.807, 2.05) is 6.08 Å². The zero-order chi connectivity index (χ0) is 14.5. The summed E-state index contributed by atoms with van der Waals surface area (Å²) in [5.74, 6) is 0. The number of alkyl halides is 3. The summed E-state index contributed by atoms with van der Waals surface area (Å²) in [6.07, 6.45) is 0.110. The highest BCUT2D eigenvalue weighted by Crippen LogP contribution is 2.29. The molecule has 0 unspecified atom stereocenters. The van der Waals surface area contributed by atoms with Crippen molar-refractivity contribution in [1.82, 2.24) is 5.32 Å². The molecule has 0 heterocycles. The molecule has 1 aromatic rings. The van der Waals surface area contributed by atoms with Crippen molar-refractivity contribution in [2.24, 2.45) is 0 Å². The third kappa shape index (κ3) is 6.43. The van der Waals surface area contributed by atoms with E-state index in [0.29, 0.717) is 5.56 Å². The maximum Gasteiger partial charge on any atom is 0.416 e.